The third-order valence-electron chi connectivity index (χ3n) is 4.22. The Morgan fingerprint density at radius 2 is 1.92 bits per heavy atom. The molecule has 0 aliphatic heterocycles. The molecule has 0 atom stereocenters. The molecule has 0 fully saturated rings. The van der Waals surface area contributed by atoms with E-state index in [4.69, 9.17) is 4.42 Å². The molecule has 0 aliphatic carbocycles. The van der Waals surface area contributed by atoms with Gasteiger partial charge in [-0.25, -0.2) is 0 Å². The molecule has 0 aliphatic rings. The van der Waals surface area contributed by atoms with Crippen LogP contribution in [0.4, 0.5) is 0 Å². The van der Waals surface area contributed by atoms with Crippen molar-refractivity contribution in [3.63, 3.8) is 0 Å². The molecule has 2 aromatic heterocycles. The molecule has 24 heavy (non-hydrogen) atoms. The van der Waals surface area contributed by atoms with Crippen molar-refractivity contribution in [3.8, 4) is 11.3 Å². The molecule has 0 saturated carbocycles. The minimum Gasteiger partial charge on any atom is -0.469 e. The molecule has 0 bridgehead atoms. The Labute approximate surface area is 140 Å². The molecule has 120 valence electrons. The van der Waals surface area contributed by atoms with Crippen molar-refractivity contribution in [1.82, 2.24) is 15.5 Å². The standard InChI is InChI=1S/C20H19N3O/c1-2-8-18-15(5-1)6-3-9-19(18)20-16(14-22-23-20)13-21-11-10-17-7-4-12-24-17/h1-9,12,14,21H,10-11,13H2,(H,22,23). The number of H-pyrrole nitrogens is 1. The Bertz CT molecular complexity index is 920. The van der Waals surface area contributed by atoms with Crippen molar-refractivity contribution in [2.75, 3.05) is 6.54 Å². The highest BCUT2D eigenvalue weighted by Crippen LogP contribution is 2.29. The van der Waals surface area contributed by atoms with Gasteiger partial charge in [0.05, 0.1) is 18.2 Å². The van der Waals surface area contributed by atoms with E-state index < -0.39 is 0 Å². The van der Waals surface area contributed by atoms with Crippen molar-refractivity contribution in [1.29, 1.82) is 0 Å². The van der Waals surface area contributed by atoms with Crippen molar-refractivity contribution in [2.24, 2.45) is 0 Å². The number of benzene rings is 2. The fraction of sp³-hybridized carbons (Fsp3) is 0.150. The van der Waals surface area contributed by atoms with Gasteiger partial charge in [-0.05, 0) is 22.9 Å². The molecule has 0 saturated heterocycles. The maximum Gasteiger partial charge on any atom is 0.105 e. The van der Waals surface area contributed by atoms with Crippen LogP contribution in [-0.2, 0) is 13.0 Å². The zero-order chi connectivity index (χ0) is 16.2. The van der Waals surface area contributed by atoms with Crippen molar-refractivity contribution < 1.29 is 4.42 Å². The molecule has 4 rings (SSSR count). The Kier molecular flexibility index (Phi) is 4.13. The Morgan fingerprint density at radius 1 is 1.00 bits per heavy atom. The van der Waals surface area contributed by atoms with Crippen molar-refractivity contribution >= 4 is 10.8 Å². The monoisotopic (exact) mass is 317 g/mol. The predicted molar refractivity (Wildman–Crippen MR) is 95.6 cm³/mol. The molecule has 2 heterocycles. The van der Waals surface area contributed by atoms with Gasteiger partial charge in [0, 0.05) is 30.6 Å². The lowest BCUT2D eigenvalue weighted by Crippen LogP contribution is -2.16. The molecule has 0 radical (unpaired) electrons. The summed E-state index contributed by atoms with van der Waals surface area (Å²) in [6, 6.07) is 18.7. The van der Waals surface area contributed by atoms with Crippen molar-refractivity contribution in [2.45, 2.75) is 13.0 Å². The molecule has 0 unspecified atom stereocenters. The van der Waals surface area contributed by atoms with E-state index in [9.17, 15) is 0 Å². The Morgan fingerprint density at radius 3 is 2.83 bits per heavy atom. The lowest BCUT2D eigenvalue weighted by Gasteiger charge is -2.08. The van der Waals surface area contributed by atoms with Crippen LogP contribution in [0.3, 0.4) is 0 Å². The topological polar surface area (TPSA) is 53.9 Å². The highest BCUT2D eigenvalue weighted by molar-refractivity contribution is 5.96. The van der Waals surface area contributed by atoms with Gasteiger partial charge in [0.1, 0.15) is 5.76 Å². The zero-order valence-corrected chi connectivity index (χ0v) is 13.3. The van der Waals surface area contributed by atoms with Crippen LogP contribution in [0.5, 0.6) is 0 Å². The number of aromatic amines is 1. The summed E-state index contributed by atoms with van der Waals surface area (Å²) in [6.45, 7) is 1.64. The fourth-order valence-electron chi connectivity index (χ4n) is 3.01. The number of hydrogen-bond donors (Lipinski definition) is 2. The highest BCUT2D eigenvalue weighted by Gasteiger charge is 2.10. The summed E-state index contributed by atoms with van der Waals surface area (Å²) in [4.78, 5) is 0. The SMILES string of the molecule is c1coc(CCNCc2cn[nH]c2-c2cccc3ccccc23)c1. The smallest absolute Gasteiger partial charge is 0.105 e. The second-order valence-electron chi connectivity index (χ2n) is 5.80. The molecule has 2 aromatic carbocycles. The number of hydrogen-bond acceptors (Lipinski definition) is 3. The second-order valence-corrected chi connectivity index (χ2v) is 5.80. The number of furan rings is 1. The summed E-state index contributed by atoms with van der Waals surface area (Å²) in [6.07, 6.45) is 4.50. The van der Waals surface area contributed by atoms with Crippen LogP contribution >= 0.6 is 0 Å². The first-order chi connectivity index (χ1) is 11.9. The Hall–Kier alpha value is -2.85. The van der Waals surface area contributed by atoms with Gasteiger partial charge in [-0.2, -0.15) is 5.10 Å². The predicted octanol–water partition coefficient (Wildman–Crippen LogP) is 4.16. The maximum atomic E-state index is 5.35. The van der Waals surface area contributed by atoms with Crippen LogP contribution in [0.15, 0.2) is 71.5 Å². The largest absolute Gasteiger partial charge is 0.469 e. The summed E-state index contributed by atoms with van der Waals surface area (Å²) in [5.41, 5.74) is 3.44. The molecular weight excluding hydrogens is 298 g/mol. The van der Waals surface area contributed by atoms with E-state index >= 15 is 0 Å². The van der Waals surface area contributed by atoms with E-state index in [1.165, 1.54) is 21.9 Å². The first kappa shape index (κ1) is 14.7. The van der Waals surface area contributed by atoms with Gasteiger partial charge in [-0.1, -0.05) is 42.5 Å². The lowest BCUT2D eigenvalue weighted by molar-refractivity contribution is 0.499. The fourth-order valence-corrected chi connectivity index (χ4v) is 3.01. The first-order valence-electron chi connectivity index (χ1n) is 8.15. The van der Waals surface area contributed by atoms with Gasteiger partial charge in [-0.15, -0.1) is 0 Å². The molecule has 4 nitrogen and oxygen atoms in total. The third kappa shape index (κ3) is 2.96. The summed E-state index contributed by atoms with van der Waals surface area (Å²) in [5.74, 6) is 1.00. The number of rotatable bonds is 6. The van der Waals surface area contributed by atoms with E-state index in [2.05, 4.69) is 58.0 Å². The van der Waals surface area contributed by atoms with Gasteiger partial charge < -0.3 is 9.73 Å². The third-order valence-corrected chi connectivity index (χ3v) is 4.22. The van der Waals surface area contributed by atoms with E-state index in [1.54, 1.807) is 6.26 Å². The van der Waals surface area contributed by atoms with E-state index in [1.807, 2.05) is 18.3 Å². The minimum absolute atomic E-state index is 0.774. The van der Waals surface area contributed by atoms with E-state index in [-0.39, 0.29) is 0 Å². The zero-order valence-electron chi connectivity index (χ0n) is 13.3. The second kappa shape index (κ2) is 6.72. The van der Waals surface area contributed by atoms with Crippen LogP contribution < -0.4 is 5.32 Å². The molecule has 0 spiro atoms. The number of fused-ring (bicyclic) bond motifs is 1. The van der Waals surface area contributed by atoms with Crippen LogP contribution in [0.25, 0.3) is 22.0 Å². The van der Waals surface area contributed by atoms with Gasteiger partial charge in [0.2, 0.25) is 0 Å². The van der Waals surface area contributed by atoms with Gasteiger partial charge in [-0.3, -0.25) is 5.10 Å². The lowest BCUT2D eigenvalue weighted by atomic mass is 10.00. The molecule has 2 N–H and O–H groups in total. The molecule has 4 heteroatoms. The van der Waals surface area contributed by atoms with Gasteiger partial charge in [0.15, 0.2) is 0 Å². The molecular formula is C20H19N3O. The number of nitrogens with zero attached hydrogens (tertiary/aromatic N) is 1. The quantitative estimate of drug-likeness (QED) is 0.525. The van der Waals surface area contributed by atoms with Gasteiger partial charge >= 0.3 is 0 Å². The summed E-state index contributed by atoms with van der Waals surface area (Å²) >= 11 is 0. The summed E-state index contributed by atoms with van der Waals surface area (Å²) < 4.78 is 5.35. The molecule has 4 aromatic rings. The van der Waals surface area contributed by atoms with Crippen LogP contribution in [0.2, 0.25) is 0 Å². The average Bonchev–Trinajstić information content (AvgIpc) is 3.30. The Balaban J connectivity index is 1.51. The normalized spacial score (nSPS) is 11.2. The van der Waals surface area contributed by atoms with Crippen LogP contribution in [0.1, 0.15) is 11.3 Å². The average molecular weight is 317 g/mol. The number of aromatic nitrogens is 2. The van der Waals surface area contributed by atoms with E-state index in [0.717, 1.165) is 31.0 Å². The molecule has 0 amide bonds. The van der Waals surface area contributed by atoms with Crippen molar-refractivity contribution in [3.05, 3.63) is 78.4 Å². The van der Waals surface area contributed by atoms with Gasteiger partial charge in [0.25, 0.3) is 0 Å². The summed E-state index contributed by atoms with van der Waals surface area (Å²) in [7, 11) is 0. The summed E-state index contributed by atoms with van der Waals surface area (Å²) in [5, 5.41) is 13.3. The first-order valence-corrected chi connectivity index (χ1v) is 8.15. The van der Waals surface area contributed by atoms with Crippen LogP contribution in [-0.4, -0.2) is 16.7 Å². The van der Waals surface area contributed by atoms with E-state index in [0.29, 0.717) is 0 Å². The minimum atomic E-state index is 0.774. The highest BCUT2D eigenvalue weighted by atomic mass is 16.3. The maximum absolute atomic E-state index is 5.35. The van der Waals surface area contributed by atoms with Crippen LogP contribution in [0, 0.1) is 0 Å². The number of nitrogens with one attached hydrogen (secondary N) is 2.